The van der Waals surface area contributed by atoms with E-state index in [0.717, 1.165) is 0 Å². The summed E-state index contributed by atoms with van der Waals surface area (Å²) >= 11 is 0. The maximum absolute atomic E-state index is 5.69. The van der Waals surface area contributed by atoms with Crippen LogP contribution < -0.4 is 5.73 Å². The highest BCUT2D eigenvalue weighted by Crippen LogP contribution is 2.13. The minimum atomic E-state index is 0.660. The fourth-order valence-electron chi connectivity index (χ4n) is 4.43. The van der Waals surface area contributed by atoms with Crippen molar-refractivity contribution in [1.29, 1.82) is 0 Å². The van der Waals surface area contributed by atoms with E-state index in [0.29, 0.717) is 6.54 Å². The zero-order chi connectivity index (χ0) is 22.7. The van der Waals surface area contributed by atoms with Gasteiger partial charge in [0.15, 0.2) is 0 Å². The lowest BCUT2D eigenvalue weighted by atomic mass is 10.1. The monoisotopic (exact) mass is 436 g/mol. The molecule has 0 aliphatic heterocycles. The molecule has 2 nitrogen and oxygen atoms in total. The Labute approximate surface area is 197 Å². The summed E-state index contributed by atoms with van der Waals surface area (Å²) in [6.45, 7) is 7.68. The molecule has 186 valence electrons. The highest BCUT2D eigenvalue weighted by Gasteiger charge is 2.00. The Morgan fingerprint density at radius 3 is 1.03 bits per heavy atom. The molecule has 0 aliphatic carbocycles. The van der Waals surface area contributed by atoms with E-state index < -0.39 is 0 Å². The molecule has 0 heterocycles. The SMILES string of the molecule is CCCCCCCCCCCCCN(/C=C/CN)CCCCCCCCCCCCC. The number of nitrogens with zero attached hydrogens (tertiary/aromatic N) is 1. The molecule has 31 heavy (non-hydrogen) atoms. The van der Waals surface area contributed by atoms with Gasteiger partial charge in [0.25, 0.3) is 0 Å². The molecule has 0 aromatic carbocycles. The van der Waals surface area contributed by atoms with Gasteiger partial charge in [0.1, 0.15) is 0 Å². The molecular weight excluding hydrogens is 376 g/mol. The molecule has 2 heteroatoms. The molecule has 0 rings (SSSR count). The molecule has 0 spiro atoms. The molecule has 0 aromatic heterocycles. The fourth-order valence-corrected chi connectivity index (χ4v) is 4.43. The lowest BCUT2D eigenvalue weighted by molar-refractivity contribution is 0.348. The van der Waals surface area contributed by atoms with Crippen molar-refractivity contribution in [3.8, 4) is 0 Å². The van der Waals surface area contributed by atoms with Gasteiger partial charge in [-0.05, 0) is 19.0 Å². The van der Waals surface area contributed by atoms with Gasteiger partial charge < -0.3 is 10.6 Å². The smallest absolute Gasteiger partial charge is 0.0172 e. The molecule has 0 saturated carbocycles. The Balaban J connectivity index is 3.54. The van der Waals surface area contributed by atoms with Crippen molar-refractivity contribution >= 4 is 0 Å². The fraction of sp³-hybridized carbons (Fsp3) is 0.931. The van der Waals surface area contributed by atoms with Crippen molar-refractivity contribution in [3.05, 3.63) is 12.3 Å². The second-order valence-corrected chi connectivity index (χ2v) is 9.73. The minimum absolute atomic E-state index is 0.660. The Morgan fingerprint density at radius 2 is 0.742 bits per heavy atom. The molecule has 0 atom stereocenters. The van der Waals surface area contributed by atoms with Crippen LogP contribution in [0.5, 0.6) is 0 Å². The molecule has 0 radical (unpaired) electrons. The zero-order valence-corrected chi connectivity index (χ0v) is 21.9. The number of nitrogens with two attached hydrogens (primary N) is 1. The van der Waals surface area contributed by atoms with Crippen molar-refractivity contribution in [2.45, 2.75) is 155 Å². The first-order valence-corrected chi connectivity index (χ1v) is 14.5. The van der Waals surface area contributed by atoms with Gasteiger partial charge in [-0.3, -0.25) is 0 Å². The predicted octanol–water partition coefficient (Wildman–Crippen LogP) is 9.38. The molecule has 0 fully saturated rings. The van der Waals surface area contributed by atoms with E-state index in [4.69, 9.17) is 5.73 Å². The summed E-state index contributed by atoms with van der Waals surface area (Å²) in [5.74, 6) is 0. The number of unbranched alkanes of at least 4 members (excludes halogenated alkanes) is 20. The van der Waals surface area contributed by atoms with Gasteiger partial charge in [-0.1, -0.05) is 148 Å². The van der Waals surface area contributed by atoms with Gasteiger partial charge in [0.2, 0.25) is 0 Å². The Hall–Kier alpha value is -0.500. The van der Waals surface area contributed by atoms with E-state index in [1.54, 1.807) is 0 Å². The van der Waals surface area contributed by atoms with Gasteiger partial charge in [-0.15, -0.1) is 0 Å². The number of rotatable bonds is 26. The van der Waals surface area contributed by atoms with Crippen molar-refractivity contribution in [3.63, 3.8) is 0 Å². The second kappa shape index (κ2) is 27.5. The first-order chi connectivity index (χ1) is 15.3. The van der Waals surface area contributed by atoms with Crippen molar-refractivity contribution in [2.75, 3.05) is 19.6 Å². The largest absolute Gasteiger partial charge is 0.378 e. The van der Waals surface area contributed by atoms with E-state index in [2.05, 4.69) is 31.0 Å². The van der Waals surface area contributed by atoms with Gasteiger partial charge in [-0.25, -0.2) is 0 Å². The van der Waals surface area contributed by atoms with E-state index >= 15 is 0 Å². The van der Waals surface area contributed by atoms with Gasteiger partial charge >= 0.3 is 0 Å². The van der Waals surface area contributed by atoms with Crippen molar-refractivity contribution in [1.82, 2.24) is 4.90 Å². The van der Waals surface area contributed by atoms with Gasteiger partial charge in [0, 0.05) is 19.6 Å². The van der Waals surface area contributed by atoms with Crippen LogP contribution >= 0.6 is 0 Å². The van der Waals surface area contributed by atoms with Gasteiger partial charge in [0.05, 0.1) is 0 Å². The molecule has 0 aliphatic rings. The summed E-state index contributed by atoms with van der Waals surface area (Å²) < 4.78 is 0. The third-order valence-corrected chi connectivity index (χ3v) is 6.55. The summed E-state index contributed by atoms with van der Waals surface area (Å²) in [5.41, 5.74) is 5.69. The molecule has 0 amide bonds. The Bertz CT molecular complexity index is 314. The van der Waals surface area contributed by atoms with Crippen LogP contribution in [0.4, 0.5) is 0 Å². The van der Waals surface area contributed by atoms with Crippen LogP contribution in [0.1, 0.15) is 155 Å². The highest BCUT2D eigenvalue weighted by atomic mass is 15.1. The minimum Gasteiger partial charge on any atom is -0.378 e. The van der Waals surface area contributed by atoms with E-state index in [9.17, 15) is 0 Å². The predicted molar refractivity (Wildman–Crippen MR) is 143 cm³/mol. The number of hydrogen-bond acceptors (Lipinski definition) is 2. The van der Waals surface area contributed by atoms with Gasteiger partial charge in [-0.2, -0.15) is 0 Å². The molecule has 0 unspecified atom stereocenters. The van der Waals surface area contributed by atoms with E-state index in [-0.39, 0.29) is 0 Å². The quantitative estimate of drug-likeness (QED) is 0.137. The number of hydrogen-bond donors (Lipinski definition) is 1. The topological polar surface area (TPSA) is 29.3 Å². The maximum atomic E-state index is 5.69. The third kappa shape index (κ3) is 25.6. The maximum Gasteiger partial charge on any atom is 0.0172 e. The molecule has 0 bridgehead atoms. The Morgan fingerprint density at radius 1 is 0.452 bits per heavy atom. The van der Waals surface area contributed by atoms with Crippen LogP contribution in [0.2, 0.25) is 0 Å². The van der Waals surface area contributed by atoms with Crippen molar-refractivity contribution in [2.24, 2.45) is 5.73 Å². The summed E-state index contributed by atoms with van der Waals surface area (Å²) in [6, 6.07) is 0. The van der Waals surface area contributed by atoms with Crippen molar-refractivity contribution < 1.29 is 0 Å². The first-order valence-electron chi connectivity index (χ1n) is 14.5. The molecular formula is C29H60N2. The van der Waals surface area contributed by atoms with Crippen LogP contribution in [0.15, 0.2) is 12.3 Å². The average molecular weight is 437 g/mol. The second-order valence-electron chi connectivity index (χ2n) is 9.73. The normalized spacial score (nSPS) is 11.6. The zero-order valence-electron chi connectivity index (χ0n) is 21.9. The molecule has 2 N–H and O–H groups in total. The third-order valence-electron chi connectivity index (χ3n) is 6.55. The summed E-state index contributed by atoms with van der Waals surface area (Å²) in [4.78, 5) is 2.52. The van der Waals surface area contributed by atoms with E-state index in [1.807, 2.05) is 0 Å². The van der Waals surface area contributed by atoms with Crippen LogP contribution in [-0.2, 0) is 0 Å². The summed E-state index contributed by atoms with van der Waals surface area (Å²) in [5, 5.41) is 0. The highest BCUT2D eigenvalue weighted by molar-refractivity contribution is 4.83. The Kier molecular flexibility index (Phi) is 27.1. The first kappa shape index (κ1) is 30.5. The van der Waals surface area contributed by atoms with Crippen LogP contribution in [0, 0.1) is 0 Å². The lowest BCUT2D eigenvalue weighted by Gasteiger charge is -2.20. The lowest BCUT2D eigenvalue weighted by Crippen LogP contribution is -2.20. The molecule has 0 aromatic rings. The summed E-state index contributed by atoms with van der Waals surface area (Å²) in [6.07, 6.45) is 35.6. The summed E-state index contributed by atoms with van der Waals surface area (Å²) in [7, 11) is 0. The average Bonchev–Trinajstić information content (AvgIpc) is 2.78. The van der Waals surface area contributed by atoms with Crippen LogP contribution in [-0.4, -0.2) is 24.5 Å². The van der Waals surface area contributed by atoms with Crippen LogP contribution in [0.3, 0.4) is 0 Å². The standard InChI is InChI=1S/C29H60N2/c1-3-5-7-9-11-13-15-17-19-21-23-27-31(29-25-26-30)28-24-22-20-18-16-14-12-10-8-6-4-2/h25,29H,3-24,26-28,30H2,1-2H3/b29-25+. The molecule has 0 saturated heterocycles. The van der Waals surface area contributed by atoms with E-state index in [1.165, 1.54) is 154 Å². The van der Waals surface area contributed by atoms with Crippen LogP contribution in [0.25, 0.3) is 0 Å².